The van der Waals surface area contributed by atoms with Gasteiger partial charge in [0.25, 0.3) is 0 Å². The van der Waals surface area contributed by atoms with Gasteiger partial charge in [0.2, 0.25) is 38.2 Å². The van der Waals surface area contributed by atoms with Crippen LogP contribution in [-0.2, 0) is 81.4 Å². The molecule has 22 N–H and O–H groups in total. The van der Waals surface area contributed by atoms with Crippen molar-refractivity contribution in [3.05, 3.63) is 0 Å². The summed E-state index contributed by atoms with van der Waals surface area (Å²) in [5, 5.41) is 241. The maximum absolute atomic E-state index is 13.9. The van der Waals surface area contributed by atoms with Crippen molar-refractivity contribution in [2.24, 2.45) is 20.6 Å². The first-order valence-electron chi connectivity index (χ1n) is 30.4. The van der Waals surface area contributed by atoms with E-state index in [0.717, 1.165) is 24.5 Å². The summed E-state index contributed by atoms with van der Waals surface area (Å²) in [6, 6.07) is 0. The van der Waals surface area contributed by atoms with Crippen LogP contribution in [0.15, 0.2) is 20.6 Å². The second-order valence-electron chi connectivity index (χ2n) is 21.5. The number of oxime groups is 4. The van der Waals surface area contributed by atoms with Gasteiger partial charge < -0.3 is 185 Å². The number of aliphatic carboxylic acids is 3. The molecule has 0 aliphatic rings. The number of carbonyl (C=O) groups is 9. The number of nitrogens with zero attached hydrogens (tertiary/aromatic N) is 9. The smallest absolute Gasteiger partial charge is 0.549 e. The topological polar surface area (TPSA) is 798 Å². The Hall–Kier alpha value is -6.53. The molecule has 105 heavy (non-hydrogen) atoms. The van der Waals surface area contributed by atoms with E-state index in [4.69, 9.17) is 39.4 Å². The average molecular weight is 1680 g/mol. The van der Waals surface area contributed by atoms with Gasteiger partial charge in [0.1, 0.15) is 124 Å². The Morgan fingerprint density at radius 2 is 0.514 bits per heavy atom. The average Bonchev–Trinajstić information content (AvgIpc) is 0.854. The fourth-order valence-electron chi connectivity index (χ4n) is 7.65. The van der Waals surface area contributed by atoms with Gasteiger partial charge in [-0.1, -0.05) is 20.6 Å². The van der Waals surface area contributed by atoms with Gasteiger partial charge in [0, 0.05) is 45.8 Å². The van der Waals surface area contributed by atoms with E-state index >= 15 is 0 Å². The summed E-state index contributed by atoms with van der Waals surface area (Å²) in [6.07, 6.45) is -30.0. The number of aliphatic hydroxyl groups is 20. The van der Waals surface area contributed by atoms with Crippen LogP contribution < -0.4 is 15.3 Å². The van der Waals surface area contributed by atoms with Crippen LogP contribution in [-0.4, -0.2) is 473 Å². The molecule has 0 aromatic heterocycles. The van der Waals surface area contributed by atoms with Crippen molar-refractivity contribution in [2.75, 3.05) is 164 Å². The van der Waals surface area contributed by atoms with Gasteiger partial charge in [-0.2, -0.15) is 0 Å². The molecule has 50 nitrogen and oxygen atoms in total. The van der Waals surface area contributed by atoms with E-state index in [0.29, 0.717) is 24.9 Å². The number of carboxylic acids is 3. The number of aliphatic hydroxyl groups excluding tert-OH is 20. The Labute approximate surface area is 627 Å². The molecule has 1 radical (unpaired) electrons. The van der Waals surface area contributed by atoms with Crippen molar-refractivity contribution in [1.29, 1.82) is 0 Å². The first-order valence-corrected chi connectivity index (χ1v) is 30.4. The molecule has 0 bridgehead atoms. The predicted octanol–water partition coefficient (Wildman–Crippen LogP) is -22.1. The van der Waals surface area contributed by atoms with Crippen LogP contribution in [0.1, 0.15) is 0 Å². The minimum Gasteiger partial charge on any atom is -0.549 e. The first kappa shape index (κ1) is 103. The van der Waals surface area contributed by atoms with Crippen LogP contribution in [0.4, 0.5) is 0 Å². The minimum absolute atomic E-state index is 0. The van der Waals surface area contributed by atoms with E-state index in [1.165, 1.54) is 0 Å². The van der Waals surface area contributed by atoms with Crippen molar-refractivity contribution < 1.29 is 244 Å². The number of carbonyl (C=O) groups excluding carboxylic acids is 9. The fraction of sp³-hybridized carbons (Fsp3) is 0.759. The standard InChI is InChI=1S/C54H93N9O40.Gd.H2O/c64-22-34(72)51(92)47(88)30(68)13-55-100-26-43(84)96-9-5-62(6-10-97-44(85)27-101-56-14-31(69)48(89)52(93)35(73)23-65)38(76)17-60(20-41(80)81)3-1-59(19-40(78)79)2-4-61(21-42(82)83)18-39(77)63(7-11-98-45(86)28-102-57-15-32(70)49(90)53(94)36(74)24-66)8-12-99-46(87)29-103-58-16-33(71)50(91)54(95)37(75)25-67;;/h13-16,30-37,47-54,64-75,88-95H,1-12,17-29H2,(H,78,79)(H,80,81)(H,82,83);;1H2/q;+3;/p-3/b55-13-,56-14+,57-15+,58-16+;;/t30-,31-,32-,33-,34-,35-,36-,37-,47-,48-,49-,50-,51+,52+,53+,54+;;/m1../s1. The second kappa shape index (κ2) is 58.6. The maximum atomic E-state index is 13.9. The third kappa shape index (κ3) is 45.7. The number of carboxylic acid groups (broad SMARTS) is 3. The first-order chi connectivity index (χ1) is 48.5. The molecule has 16 atom stereocenters. The molecule has 51 heteroatoms. The number of amides is 2. The molecule has 0 unspecified atom stereocenters. The molecule has 0 heterocycles. The summed E-state index contributed by atoms with van der Waals surface area (Å²) < 4.78 is 20.1. The molecule has 0 aliphatic heterocycles. The van der Waals surface area contributed by atoms with Crippen molar-refractivity contribution in [2.45, 2.75) is 97.7 Å². The van der Waals surface area contributed by atoms with Crippen LogP contribution in [0.2, 0.25) is 0 Å². The van der Waals surface area contributed by atoms with Crippen molar-refractivity contribution in [1.82, 2.24) is 24.5 Å². The Morgan fingerprint density at radius 1 is 0.314 bits per heavy atom. The Morgan fingerprint density at radius 3 is 0.714 bits per heavy atom. The van der Waals surface area contributed by atoms with Crippen molar-refractivity contribution in [3.8, 4) is 0 Å². The molecule has 0 aromatic carbocycles. The molecule has 0 rings (SSSR count). The van der Waals surface area contributed by atoms with Crippen LogP contribution >= 0.6 is 0 Å². The largest absolute Gasteiger partial charge is 3.00 e. The van der Waals surface area contributed by atoms with Gasteiger partial charge in [0.15, 0.2) is 0 Å². The summed E-state index contributed by atoms with van der Waals surface area (Å²) in [5.41, 5.74) is 0. The van der Waals surface area contributed by atoms with Gasteiger partial charge in [-0.15, -0.1) is 0 Å². The molecule has 0 saturated heterocycles. The summed E-state index contributed by atoms with van der Waals surface area (Å²) in [7, 11) is 0. The monoisotopic (exact) mass is 1680 g/mol. The molecule has 607 valence electrons. The molecule has 0 aliphatic carbocycles. The van der Waals surface area contributed by atoms with Crippen LogP contribution in [0.25, 0.3) is 0 Å². The SMILES string of the molecule is O.O=C([O-])CN(CCN(CC(=O)[O-])CC(=O)N(CCOC(=O)CO/N=C\[C@@H](O)[C@@H](O)[C@@H](O)[C@H](O)CO)CCOC(=O)CO/N=C/[C@@H](O)[C@@H](O)[C@@H](O)[C@H](O)CO)CCN(CC(=O)[O-])CC(=O)N(CCOC(=O)CO/N=C/[C@@H](O)[C@@H](O)[C@@H](O)[C@H](O)CO)CCOC(=O)CO/N=C/[C@@H](O)[C@@H](O)[C@@H](O)[C@H](O)CO.[Gd+3]. The quantitative estimate of drug-likeness (QED) is 0.0116. The van der Waals surface area contributed by atoms with E-state index < -0.39 is 316 Å². The maximum Gasteiger partial charge on any atom is 3.00 e. The van der Waals surface area contributed by atoms with Gasteiger partial charge in [0.05, 0.1) is 108 Å². The Bertz CT molecular complexity index is 2330. The van der Waals surface area contributed by atoms with E-state index in [1.54, 1.807) is 0 Å². The molecule has 2 amide bonds. The number of hydrogen-bond acceptors (Lipinski definition) is 47. The summed E-state index contributed by atoms with van der Waals surface area (Å²) in [4.78, 5) is 137. The number of ether oxygens (including phenoxy) is 4. The summed E-state index contributed by atoms with van der Waals surface area (Å²) in [6.45, 7) is -19.9. The summed E-state index contributed by atoms with van der Waals surface area (Å²) >= 11 is 0. The number of esters is 4. The Kier molecular flexibility index (Phi) is 57.2. The molecular formula is C54H92GdN9O41. The zero-order valence-electron chi connectivity index (χ0n) is 55.7. The number of hydrogen-bond donors (Lipinski definition) is 20. The normalized spacial score (nSPS) is 16.4. The molecule has 0 saturated carbocycles. The molecule has 0 spiro atoms. The van der Waals surface area contributed by atoms with E-state index in [1.807, 2.05) is 0 Å². The van der Waals surface area contributed by atoms with Crippen LogP contribution in [0.5, 0.6) is 0 Å². The number of rotatable bonds is 60. The van der Waals surface area contributed by atoms with Crippen molar-refractivity contribution >= 4 is 78.5 Å². The molecule has 0 fully saturated rings. The molecular weight excluding hydrogens is 1590 g/mol. The van der Waals surface area contributed by atoms with E-state index in [2.05, 4.69) is 40.0 Å². The van der Waals surface area contributed by atoms with Gasteiger partial charge in [-0.25, -0.2) is 19.2 Å². The summed E-state index contributed by atoms with van der Waals surface area (Å²) in [5.74, 6) is -12.1. The molecule has 0 aromatic rings. The minimum atomic E-state index is -2.09. The predicted molar refractivity (Wildman–Crippen MR) is 327 cm³/mol. The third-order valence-electron chi connectivity index (χ3n) is 13.4. The van der Waals surface area contributed by atoms with E-state index in [-0.39, 0.29) is 45.4 Å². The second-order valence-corrected chi connectivity index (χ2v) is 21.5. The van der Waals surface area contributed by atoms with Crippen LogP contribution in [0, 0.1) is 39.9 Å². The van der Waals surface area contributed by atoms with Gasteiger partial charge >= 0.3 is 63.8 Å². The van der Waals surface area contributed by atoms with Crippen LogP contribution in [0.3, 0.4) is 0 Å². The van der Waals surface area contributed by atoms with Gasteiger partial charge in [-0.3, -0.25) is 24.3 Å². The van der Waals surface area contributed by atoms with E-state index in [9.17, 15) is 140 Å². The van der Waals surface area contributed by atoms with Crippen molar-refractivity contribution in [3.63, 3.8) is 0 Å². The zero-order chi connectivity index (χ0) is 78.3. The zero-order valence-corrected chi connectivity index (χ0v) is 58.0. The van der Waals surface area contributed by atoms with Gasteiger partial charge in [-0.05, 0) is 0 Å². The Balaban J connectivity index is -0.0000520. The third-order valence-corrected chi connectivity index (χ3v) is 13.4. The fourth-order valence-corrected chi connectivity index (χ4v) is 7.65.